The Kier molecular flexibility index (Phi) is 2.76. The highest BCUT2D eigenvalue weighted by molar-refractivity contribution is 7.80. The van der Waals surface area contributed by atoms with Crippen molar-refractivity contribution in [1.29, 1.82) is 0 Å². The average Bonchev–Trinajstić information content (AvgIpc) is 1.82. The van der Waals surface area contributed by atoms with Crippen LogP contribution in [-0.2, 0) is 4.79 Å². The smallest absolute Gasteiger partial charge is 0.308 e. The predicted molar refractivity (Wildman–Crippen MR) is 34.0 cm³/mol. The van der Waals surface area contributed by atoms with E-state index in [1.165, 1.54) is 0 Å². The highest BCUT2D eigenvalue weighted by Gasteiger charge is 2.11. The topological polar surface area (TPSA) is 63.3 Å². The zero-order chi connectivity index (χ0) is 7.28. The molecule has 0 spiro atoms. The van der Waals surface area contributed by atoms with Gasteiger partial charge in [-0.05, 0) is 0 Å². The highest BCUT2D eigenvalue weighted by Crippen LogP contribution is 1.94. The molecule has 3 nitrogen and oxygen atoms in total. The van der Waals surface area contributed by atoms with Gasteiger partial charge in [-0.3, -0.25) is 4.79 Å². The van der Waals surface area contributed by atoms with Gasteiger partial charge < -0.3 is 10.8 Å². The van der Waals surface area contributed by atoms with Crippen molar-refractivity contribution in [2.75, 3.05) is 12.3 Å². The van der Waals surface area contributed by atoms with Gasteiger partial charge in [0.2, 0.25) is 0 Å². The lowest BCUT2D eigenvalue weighted by atomic mass is 10.2. The van der Waals surface area contributed by atoms with Crippen LogP contribution in [-0.4, -0.2) is 23.4 Å². The molecule has 0 heterocycles. The summed E-state index contributed by atoms with van der Waals surface area (Å²) in [6.45, 7) is 0.152. The maximum atomic E-state index is 10.1. The number of hydrogen-bond acceptors (Lipinski definition) is 3. The van der Waals surface area contributed by atoms with Crippen LogP contribution in [0.5, 0.6) is 0 Å². The molecule has 0 saturated heterocycles. The van der Waals surface area contributed by atoms with E-state index in [-0.39, 0.29) is 12.3 Å². The first-order valence-corrected chi connectivity index (χ1v) is 2.84. The lowest BCUT2D eigenvalue weighted by Gasteiger charge is -2.02. The van der Waals surface area contributed by atoms with E-state index in [2.05, 4.69) is 12.6 Å². The van der Waals surface area contributed by atoms with Crippen molar-refractivity contribution in [1.82, 2.24) is 0 Å². The van der Waals surface area contributed by atoms with Gasteiger partial charge in [-0.1, -0.05) is 0 Å². The minimum atomic E-state index is -0.912. The second-order valence-corrected chi connectivity index (χ2v) is 1.79. The van der Waals surface area contributed by atoms with Gasteiger partial charge in [0, 0.05) is 12.3 Å². The van der Waals surface area contributed by atoms with Gasteiger partial charge in [-0.25, -0.2) is 0 Å². The Labute approximate surface area is 54.7 Å². The number of thiol groups is 1. The number of rotatable bonds is 4. The maximum Gasteiger partial charge on any atom is 0.308 e. The van der Waals surface area contributed by atoms with Crippen LogP contribution >= 0.6 is 12.6 Å². The summed E-state index contributed by atoms with van der Waals surface area (Å²) in [5.41, 5.74) is 2.02. The number of carbonyl (C=O) groups is 1. The van der Waals surface area contributed by atoms with Crippen LogP contribution in [0.4, 0.5) is 0 Å². The molecular weight excluding hydrogens is 126 g/mol. The molecule has 0 aromatic rings. The molecule has 0 aliphatic heterocycles. The summed E-state index contributed by atoms with van der Waals surface area (Å²) in [6, 6.07) is 0. The SMILES string of the molecule is [3H]NCC(CS)C(=O)O. The van der Waals surface area contributed by atoms with E-state index in [0.29, 0.717) is 0 Å². The van der Waals surface area contributed by atoms with E-state index < -0.39 is 11.9 Å². The number of hydrogen-bond donors (Lipinski definition) is 3. The van der Waals surface area contributed by atoms with Crippen molar-refractivity contribution < 1.29 is 11.3 Å². The van der Waals surface area contributed by atoms with E-state index in [1.807, 2.05) is 5.73 Å². The quantitative estimate of drug-likeness (QED) is 0.461. The first kappa shape index (κ1) is 5.91. The van der Waals surface area contributed by atoms with Crippen LogP contribution in [0.25, 0.3) is 0 Å². The van der Waals surface area contributed by atoms with E-state index in [9.17, 15) is 4.79 Å². The number of carboxylic acids is 1. The Bertz CT molecular complexity index is 101. The second-order valence-electron chi connectivity index (χ2n) is 1.42. The molecule has 8 heavy (non-hydrogen) atoms. The zero-order valence-electron chi connectivity index (χ0n) is 5.29. The first-order chi connectivity index (χ1) is 4.22. The number of nitrogens with two attached hydrogens (primary N) is 1. The predicted octanol–water partition coefficient (Wildman–Crippen LogP) is -0.424. The van der Waals surface area contributed by atoms with Gasteiger partial charge in [0.05, 0.1) is 5.92 Å². The fourth-order valence-corrected chi connectivity index (χ4v) is 0.515. The largest absolute Gasteiger partial charge is 0.481 e. The summed E-state index contributed by atoms with van der Waals surface area (Å²) in [6.07, 6.45) is 0. The monoisotopic (exact) mass is 137 g/mol. The van der Waals surface area contributed by atoms with E-state index in [0.717, 1.165) is 0 Å². The Morgan fingerprint density at radius 1 is 2.12 bits per heavy atom. The standard InChI is InChI=1S/C4H9NO2S/c5-1-3(2-8)4(6)7/h3,8H,1-2,5H2,(H,6,7)/i/hT. The summed E-state index contributed by atoms with van der Waals surface area (Å²) < 4.78 is 6.48. The Balaban J connectivity index is 3.54. The summed E-state index contributed by atoms with van der Waals surface area (Å²) in [5.74, 6) is -1.20. The zero-order valence-corrected chi connectivity index (χ0v) is 5.19. The normalized spacial score (nSPS) is 14.9. The van der Waals surface area contributed by atoms with Crippen molar-refractivity contribution in [2.45, 2.75) is 0 Å². The third-order valence-corrected chi connectivity index (χ3v) is 1.26. The van der Waals surface area contributed by atoms with Crippen molar-refractivity contribution >= 4 is 18.6 Å². The van der Waals surface area contributed by atoms with Crippen LogP contribution in [0.3, 0.4) is 0 Å². The van der Waals surface area contributed by atoms with Gasteiger partial charge in [-0.2, -0.15) is 12.6 Å². The molecule has 0 fully saturated rings. The number of carboxylic acid groups (broad SMARTS) is 1. The fraction of sp³-hybridized carbons (Fsp3) is 0.750. The van der Waals surface area contributed by atoms with E-state index >= 15 is 0 Å². The summed E-state index contributed by atoms with van der Waals surface area (Å²) >= 11 is 3.78. The molecule has 0 aromatic heterocycles. The first-order valence-electron chi connectivity index (χ1n) is 2.70. The molecule has 3 N–H and O–H groups in total. The molecule has 1 atom stereocenters. The van der Waals surface area contributed by atoms with Crippen LogP contribution in [0.1, 0.15) is 0 Å². The summed E-state index contributed by atoms with van der Waals surface area (Å²) in [7, 11) is 0. The van der Waals surface area contributed by atoms with Crippen molar-refractivity contribution in [2.24, 2.45) is 11.6 Å². The fourth-order valence-electron chi connectivity index (χ4n) is 0.230. The molecule has 4 heteroatoms. The van der Waals surface area contributed by atoms with Crippen molar-refractivity contribution in [3.8, 4) is 0 Å². The maximum absolute atomic E-state index is 10.1. The highest BCUT2D eigenvalue weighted by atomic mass is 32.1. The summed E-state index contributed by atoms with van der Waals surface area (Å²) in [5, 5.41) is 8.33. The van der Waals surface area contributed by atoms with Crippen molar-refractivity contribution in [3.63, 3.8) is 0 Å². The number of aliphatic carboxylic acids is 1. The van der Waals surface area contributed by atoms with Gasteiger partial charge in [0.25, 0.3) is 0 Å². The molecule has 0 rings (SSSR count). The molecule has 0 bridgehead atoms. The Hall–Kier alpha value is -0.220. The molecule has 0 saturated carbocycles. The molecular formula is C4H9NO2S. The van der Waals surface area contributed by atoms with Gasteiger partial charge in [-0.15, -0.1) is 0 Å². The van der Waals surface area contributed by atoms with Crippen molar-refractivity contribution in [3.05, 3.63) is 0 Å². The van der Waals surface area contributed by atoms with Gasteiger partial charge in [0.1, 0.15) is 1.41 Å². The molecule has 48 valence electrons. The van der Waals surface area contributed by atoms with Gasteiger partial charge in [0.15, 0.2) is 0 Å². The molecule has 1 unspecified atom stereocenters. The van der Waals surface area contributed by atoms with Crippen LogP contribution < -0.4 is 5.73 Å². The molecule has 0 aliphatic carbocycles. The van der Waals surface area contributed by atoms with Gasteiger partial charge >= 0.3 is 5.97 Å². The molecule has 0 aromatic carbocycles. The Morgan fingerprint density at radius 2 is 2.75 bits per heavy atom. The lowest BCUT2D eigenvalue weighted by Crippen LogP contribution is -2.24. The van der Waals surface area contributed by atoms with E-state index in [1.54, 1.807) is 0 Å². The molecule has 0 radical (unpaired) electrons. The minimum absolute atomic E-state index is 0.152. The van der Waals surface area contributed by atoms with Crippen LogP contribution in [0.2, 0.25) is 1.41 Å². The third-order valence-electron chi connectivity index (χ3n) is 0.816. The summed E-state index contributed by atoms with van der Waals surface area (Å²) in [4.78, 5) is 10.1. The van der Waals surface area contributed by atoms with E-state index in [4.69, 9.17) is 6.52 Å². The Morgan fingerprint density at radius 3 is 2.88 bits per heavy atom. The lowest BCUT2D eigenvalue weighted by molar-refractivity contribution is -0.140. The minimum Gasteiger partial charge on any atom is -0.481 e. The van der Waals surface area contributed by atoms with Crippen LogP contribution in [0, 0.1) is 5.92 Å². The molecule has 0 aliphatic rings. The third kappa shape index (κ3) is 2.18. The average molecular weight is 137 g/mol. The van der Waals surface area contributed by atoms with Crippen LogP contribution in [0.15, 0.2) is 0 Å². The second kappa shape index (κ2) is 3.74. The molecule has 0 amide bonds.